The third kappa shape index (κ3) is 5.66. The average Bonchev–Trinajstić information content (AvgIpc) is 3.62. The summed E-state index contributed by atoms with van der Waals surface area (Å²) in [6.45, 7) is 2.27. The van der Waals surface area contributed by atoms with Crippen LogP contribution in [0.1, 0.15) is 55.7 Å². The zero-order valence-corrected chi connectivity index (χ0v) is 29.8. The highest BCUT2D eigenvalue weighted by atomic mass is 16.3. The van der Waals surface area contributed by atoms with E-state index in [-0.39, 0.29) is 0 Å². The molecule has 0 spiro atoms. The van der Waals surface area contributed by atoms with Crippen molar-refractivity contribution in [1.82, 2.24) is 15.0 Å². The van der Waals surface area contributed by atoms with Gasteiger partial charge in [-0.15, -0.1) is 0 Å². The normalized spacial score (nSPS) is 15.4. The molecule has 6 aromatic carbocycles. The van der Waals surface area contributed by atoms with Crippen molar-refractivity contribution >= 4 is 55.1 Å². The number of hydrogen-bond acceptors (Lipinski definition) is 4. The number of allylic oxidation sites excluding steroid dienone is 5. The number of fused-ring (bicyclic) bond motifs is 7. The van der Waals surface area contributed by atoms with Crippen LogP contribution in [0, 0.1) is 5.92 Å². The molecule has 1 unspecified atom stereocenters. The third-order valence-corrected chi connectivity index (χ3v) is 11.1. The fourth-order valence-corrected chi connectivity index (χ4v) is 8.32. The highest BCUT2D eigenvalue weighted by Gasteiger charge is 2.22. The van der Waals surface area contributed by atoms with E-state index in [0.29, 0.717) is 23.4 Å². The van der Waals surface area contributed by atoms with Crippen LogP contribution in [-0.2, 0) is 6.42 Å². The predicted octanol–water partition coefficient (Wildman–Crippen LogP) is 13.2. The molecule has 4 nitrogen and oxygen atoms in total. The summed E-state index contributed by atoms with van der Waals surface area (Å²) < 4.78 is 6.67. The Hall–Kier alpha value is -6.13. The number of para-hydroxylation sites is 1. The first-order valence-electron chi connectivity index (χ1n) is 19.0. The molecule has 2 aromatic heterocycles. The highest BCUT2D eigenvalue weighted by Crippen LogP contribution is 2.42. The molecular formula is C49H39N3O. The van der Waals surface area contributed by atoms with Crippen LogP contribution in [0.5, 0.6) is 0 Å². The van der Waals surface area contributed by atoms with Gasteiger partial charge in [-0.2, -0.15) is 0 Å². The minimum Gasteiger partial charge on any atom is -0.455 e. The van der Waals surface area contributed by atoms with Gasteiger partial charge in [0.15, 0.2) is 17.5 Å². The Morgan fingerprint density at radius 1 is 0.698 bits per heavy atom. The first-order chi connectivity index (χ1) is 26.2. The summed E-state index contributed by atoms with van der Waals surface area (Å²) in [4.78, 5) is 15.8. The second-order valence-corrected chi connectivity index (χ2v) is 14.5. The summed E-state index contributed by atoms with van der Waals surface area (Å²) in [7, 11) is 0. The van der Waals surface area contributed by atoms with Crippen LogP contribution in [0.4, 0.5) is 0 Å². The lowest BCUT2D eigenvalue weighted by Gasteiger charge is -2.20. The van der Waals surface area contributed by atoms with Crippen LogP contribution >= 0.6 is 0 Å². The molecule has 0 bridgehead atoms. The lowest BCUT2D eigenvalue weighted by atomic mass is 9.86. The largest absolute Gasteiger partial charge is 0.455 e. The Morgan fingerprint density at radius 2 is 1.43 bits per heavy atom. The van der Waals surface area contributed by atoms with Crippen LogP contribution < -0.4 is 0 Å². The van der Waals surface area contributed by atoms with Gasteiger partial charge in [0, 0.05) is 33.0 Å². The summed E-state index contributed by atoms with van der Waals surface area (Å²) in [5.74, 6) is 2.55. The lowest BCUT2D eigenvalue weighted by Crippen LogP contribution is -2.07. The van der Waals surface area contributed by atoms with E-state index in [1.807, 2.05) is 6.07 Å². The van der Waals surface area contributed by atoms with Crippen LogP contribution in [-0.4, -0.2) is 15.0 Å². The number of aromatic nitrogens is 3. The summed E-state index contributed by atoms with van der Waals surface area (Å²) in [6, 6.07) is 38.9. The van der Waals surface area contributed by atoms with Gasteiger partial charge in [-0.25, -0.2) is 15.0 Å². The van der Waals surface area contributed by atoms with Gasteiger partial charge in [0.2, 0.25) is 0 Å². The van der Waals surface area contributed by atoms with Gasteiger partial charge in [0.1, 0.15) is 11.2 Å². The minimum absolute atomic E-state index is 0.600. The van der Waals surface area contributed by atoms with Crippen molar-refractivity contribution in [2.45, 2.75) is 45.4 Å². The van der Waals surface area contributed by atoms with Crippen LogP contribution in [0.15, 0.2) is 138 Å². The fourth-order valence-electron chi connectivity index (χ4n) is 8.32. The maximum Gasteiger partial charge on any atom is 0.164 e. The van der Waals surface area contributed by atoms with Crippen LogP contribution in [0.3, 0.4) is 0 Å². The summed E-state index contributed by atoms with van der Waals surface area (Å²) in [5, 5.41) is 6.90. The SMILES string of the molecule is CCCCC1C=Cc2cc(-c3nc(-c4ccc5ccc6ccccc6c5c4)nc(-c4ccc(C5=CC=CCC5)c5oc6ccccc6c45)n3)ccc2C1. The van der Waals surface area contributed by atoms with Crippen LogP contribution in [0.2, 0.25) is 0 Å². The van der Waals surface area contributed by atoms with E-state index in [2.05, 4.69) is 140 Å². The van der Waals surface area contributed by atoms with Gasteiger partial charge in [-0.1, -0.05) is 135 Å². The van der Waals surface area contributed by atoms with Crippen LogP contribution in [0.25, 0.3) is 89.3 Å². The molecule has 0 N–H and O–H groups in total. The molecular weight excluding hydrogens is 647 g/mol. The summed E-state index contributed by atoms with van der Waals surface area (Å²) in [5.41, 5.74) is 9.66. The molecule has 0 aliphatic heterocycles. The molecule has 0 saturated heterocycles. The van der Waals surface area contributed by atoms with Crippen molar-refractivity contribution in [1.29, 1.82) is 0 Å². The van der Waals surface area contributed by atoms with E-state index in [0.717, 1.165) is 63.5 Å². The third-order valence-electron chi connectivity index (χ3n) is 11.1. The Labute approximate surface area is 309 Å². The van der Waals surface area contributed by atoms with Crippen molar-refractivity contribution in [3.8, 4) is 34.2 Å². The molecule has 0 amide bonds. The molecule has 8 aromatic rings. The van der Waals surface area contributed by atoms with Gasteiger partial charge in [0.05, 0.1) is 0 Å². The average molecular weight is 686 g/mol. The second kappa shape index (κ2) is 13.1. The molecule has 0 fully saturated rings. The van der Waals surface area contributed by atoms with Gasteiger partial charge in [-0.05, 0) is 94.1 Å². The van der Waals surface area contributed by atoms with E-state index in [1.54, 1.807) is 0 Å². The monoisotopic (exact) mass is 685 g/mol. The van der Waals surface area contributed by atoms with Gasteiger partial charge < -0.3 is 4.42 Å². The molecule has 0 saturated carbocycles. The van der Waals surface area contributed by atoms with Gasteiger partial charge >= 0.3 is 0 Å². The number of nitrogens with zero attached hydrogens (tertiary/aromatic N) is 3. The molecule has 2 aliphatic rings. The number of benzene rings is 6. The Kier molecular flexibility index (Phi) is 7.83. The Bertz CT molecular complexity index is 2820. The van der Waals surface area contributed by atoms with Crippen molar-refractivity contribution < 1.29 is 4.42 Å². The molecule has 10 rings (SSSR count). The molecule has 2 heterocycles. The summed E-state index contributed by atoms with van der Waals surface area (Å²) >= 11 is 0. The number of unbranched alkanes of at least 4 members (excludes halogenated alkanes) is 1. The molecule has 2 aliphatic carbocycles. The lowest BCUT2D eigenvalue weighted by molar-refractivity contribution is 0.550. The standard InChI is InChI=1S/C49H39N3O/c1-2-3-11-31-18-19-36-29-37(25-23-35(36)28-31)47-50-48(38-24-22-34-21-20-33-14-7-8-15-39(33)43(34)30-38)52-49(51-47)42-27-26-40(32-12-5-4-6-13-32)46-45(42)41-16-9-10-17-44(41)53-46/h4-5,7-10,12,14-27,29-31H,2-3,6,11,13,28H2,1H3. The van der Waals surface area contributed by atoms with E-state index in [1.165, 1.54) is 57.5 Å². The molecule has 0 radical (unpaired) electrons. The van der Waals surface area contributed by atoms with Gasteiger partial charge in [0.25, 0.3) is 0 Å². The van der Waals surface area contributed by atoms with Gasteiger partial charge in [-0.3, -0.25) is 0 Å². The van der Waals surface area contributed by atoms with E-state index in [4.69, 9.17) is 19.4 Å². The zero-order valence-electron chi connectivity index (χ0n) is 29.8. The Morgan fingerprint density at radius 3 is 2.28 bits per heavy atom. The number of furan rings is 1. The van der Waals surface area contributed by atoms with E-state index >= 15 is 0 Å². The maximum absolute atomic E-state index is 6.67. The summed E-state index contributed by atoms with van der Waals surface area (Å²) in [6.07, 6.45) is 18.1. The quantitative estimate of drug-likeness (QED) is 0.157. The molecule has 4 heteroatoms. The number of rotatable bonds is 7. The van der Waals surface area contributed by atoms with Crippen molar-refractivity contribution in [2.75, 3.05) is 0 Å². The van der Waals surface area contributed by atoms with Crippen molar-refractivity contribution in [2.24, 2.45) is 5.92 Å². The zero-order chi connectivity index (χ0) is 35.3. The predicted molar refractivity (Wildman–Crippen MR) is 221 cm³/mol. The Balaban J connectivity index is 1.19. The van der Waals surface area contributed by atoms with Crippen molar-refractivity contribution in [3.63, 3.8) is 0 Å². The topological polar surface area (TPSA) is 51.8 Å². The van der Waals surface area contributed by atoms with E-state index < -0.39 is 0 Å². The second-order valence-electron chi connectivity index (χ2n) is 14.5. The molecule has 256 valence electrons. The first kappa shape index (κ1) is 31.6. The maximum atomic E-state index is 6.67. The smallest absolute Gasteiger partial charge is 0.164 e. The molecule has 1 atom stereocenters. The van der Waals surface area contributed by atoms with E-state index in [9.17, 15) is 0 Å². The first-order valence-corrected chi connectivity index (χ1v) is 19.0. The minimum atomic E-state index is 0.600. The molecule has 53 heavy (non-hydrogen) atoms. The van der Waals surface area contributed by atoms with Crippen molar-refractivity contribution in [3.05, 3.63) is 150 Å². The fraction of sp³-hybridized carbons (Fsp3) is 0.163. The highest BCUT2D eigenvalue weighted by molar-refractivity contribution is 6.14. The number of hydrogen-bond donors (Lipinski definition) is 0.